The maximum atomic E-state index is 12.0. The first-order valence-corrected chi connectivity index (χ1v) is 13.5. The first-order valence-electron chi connectivity index (χ1n) is 10.2. The lowest BCUT2D eigenvalue weighted by molar-refractivity contribution is 0.0532. The molecule has 12 heteroatoms. The van der Waals surface area contributed by atoms with Crippen molar-refractivity contribution in [3.63, 3.8) is 0 Å². The maximum absolute atomic E-state index is 12.0. The van der Waals surface area contributed by atoms with Crippen LogP contribution in [0.2, 0.25) is 0 Å². The predicted octanol–water partition coefficient (Wildman–Crippen LogP) is 3.66. The van der Waals surface area contributed by atoms with Gasteiger partial charge in [0, 0.05) is 5.56 Å². The van der Waals surface area contributed by atoms with Crippen LogP contribution in [-0.4, -0.2) is 43.2 Å². The van der Waals surface area contributed by atoms with Crippen LogP contribution in [0.25, 0.3) is 6.08 Å². The zero-order chi connectivity index (χ0) is 24.3. The van der Waals surface area contributed by atoms with Crippen molar-refractivity contribution in [1.29, 1.82) is 0 Å². The number of hydrogen-bond donors (Lipinski definition) is 5. The Balaban J connectivity index is 1.98. The molecule has 1 heterocycles. The molecule has 1 aromatic rings. The summed E-state index contributed by atoms with van der Waals surface area (Å²) in [6, 6.07) is 0. The predicted molar refractivity (Wildman–Crippen MR) is 118 cm³/mol. The molecule has 2 rings (SSSR count). The molecule has 0 amide bonds. The Bertz CT molecular complexity index is 953. The largest absolute Gasteiger partial charge is 0.506 e. The van der Waals surface area contributed by atoms with Crippen molar-refractivity contribution in [3.05, 3.63) is 28.3 Å². The SMILES string of the molecule is COc1c(C)c2c(c(O)c1C=CC(C)CCCCCC(P(=O)(O)O)P(=O)(O)O)C(=O)OC2. The third-order valence-electron chi connectivity index (χ3n) is 5.58. The number of unbranched alkanes of at least 4 members (excludes halogenated alkanes) is 2. The van der Waals surface area contributed by atoms with E-state index >= 15 is 0 Å². The van der Waals surface area contributed by atoms with E-state index in [0.29, 0.717) is 36.1 Å². The van der Waals surface area contributed by atoms with Crippen LogP contribution in [0.4, 0.5) is 0 Å². The van der Waals surface area contributed by atoms with E-state index < -0.39 is 26.6 Å². The summed E-state index contributed by atoms with van der Waals surface area (Å²) in [7, 11) is -8.28. The topological polar surface area (TPSA) is 171 Å². The molecule has 32 heavy (non-hydrogen) atoms. The van der Waals surface area contributed by atoms with E-state index in [4.69, 9.17) is 29.0 Å². The summed E-state index contributed by atoms with van der Waals surface area (Å²) in [6.07, 6.45) is 5.51. The van der Waals surface area contributed by atoms with Gasteiger partial charge in [0.05, 0.1) is 12.7 Å². The van der Waals surface area contributed by atoms with Crippen molar-refractivity contribution in [2.75, 3.05) is 7.11 Å². The molecule has 0 radical (unpaired) electrons. The molecule has 1 atom stereocenters. The smallest absolute Gasteiger partial charge is 0.342 e. The molecule has 10 nitrogen and oxygen atoms in total. The van der Waals surface area contributed by atoms with Gasteiger partial charge < -0.3 is 34.2 Å². The van der Waals surface area contributed by atoms with Gasteiger partial charge in [0.1, 0.15) is 23.7 Å². The highest BCUT2D eigenvalue weighted by Crippen LogP contribution is 2.61. The number of benzene rings is 1. The monoisotopic (exact) mass is 492 g/mol. The lowest BCUT2D eigenvalue weighted by Gasteiger charge is -2.19. The number of phenolic OH excluding ortho intramolecular Hbond substituents is 1. The van der Waals surface area contributed by atoms with Gasteiger partial charge >= 0.3 is 21.2 Å². The molecule has 0 saturated carbocycles. The van der Waals surface area contributed by atoms with E-state index in [9.17, 15) is 19.0 Å². The number of fused-ring (bicyclic) bond motifs is 1. The Labute approximate surface area is 186 Å². The standard InChI is InChI=1S/C20H30O10P2/c1-12(7-5-4-6-8-16(31(23,24)25)32(26,27)28)9-10-14-18(21)17-15(11-30-20(17)22)13(2)19(14)29-3/h9-10,12,16,21H,4-8,11H2,1-3H3,(H2,23,24,25)(H2,26,27,28). The van der Waals surface area contributed by atoms with Gasteiger partial charge in [0.2, 0.25) is 0 Å². The summed E-state index contributed by atoms with van der Waals surface area (Å²) in [5, 5.41) is 8.64. The van der Waals surface area contributed by atoms with Crippen LogP contribution in [0.15, 0.2) is 6.08 Å². The number of phenols is 1. The van der Waals surface area contributed by atoms with Crippen LogP contribution >= 0.6 is 15.2 Å². The van der Waals surface area contributed by atoms with Crippen LogP contribution in [0, 0.1) is 12.8 Å². The van der Waals surface area contributed by atoms with Crippen LogP contribution in [0.1, 0.15) is 66.1 Å². The van der Waals surface area contributed by atoms with Gasteiger partial charge in [0.15, 0.2) is 5.40 Å². The summed E-state index contributed by atoms with van der Waals surface area (Å²) in [4.78, 5) is 48.5. The molecule has 0 aromatic heterocycles. The van der Waals surface area contributed by atoms with Crippen molar-refractivity contribution in [1.82, 2.24) is 0 Å². The molecule has 0 spiro atoms. The number of aromatic hydroxyl groups is 1. The Morgan fingerprint density at radius 3 is 2.25 bits per heavy atom. The van der Waals surface area contributed by atoms with Gasteiger partial charge in [-0.05, 0) is 31.2 Å². The highest BCUT2D eigenvalue weighted by molar-refractivity contribution is 7.70. The van der Waals surface area contributed by atoms with Crippen molar-refractivity contribution < 1.29 is 48.1 Å². The minimum Gasteiger partial charge on any atom is -0.506 e. The number of esters is 1. The molecule has 1 aromatic carbocycles. The van der Waals surface area contributed by atoms with E-state index in [1.165, 1.54) is 7.11 Å². The fourth-order valence-corrected chi connectivity index (χ4v) is 6.40. The molecule has 0 saturated heterocycles. The minimum absolute atomic E-state index is 0.0685. The average molecular weight is 492 g/mol. The average Bonchev–Trinajstić information content (AvgIpc) is 3.06. The Morgan fingerprint density at radius 2 is 1.69 bits per heavy atom. The Morgan fingerprint density at radius 1 is 1.09 bits per heavy atom. The fourth-order valence-electron chi connectivity index (χ4n) is 3.80. The summed E-state index contributed by atoms with van der Waals surface area (Å²) >= 11 is 0. The summed E-state index contributed by atoms with van der Waals surface area (Å²) < 4.78 is 33.1. The van der Waals surface area contributed by atoms with Crippen molar-refractivity contribution >= 4 is 27.2 Å². The molecule has 1 aliphatic rings. The number of hydrogen-bond acceptors (Lipinski definition) is 6. The highest BCUT2D eigenvalue weighted by atomic mass is 31.2. The number of cyclic esters (lactones) is 1. The van der Waals surface area contributed by atoms with Gasteiger partial charge in [-0.2, -0.15) is 0 Å². The molecule has 0 aliphatic carbocycles. The first kappa shape index (κ1) is 26.6. The normalized spacial score (nSPS) is 15.3. The van der Waals surface area contributed by atoms with Crippen LogP contribution in [0.5, 0.6) is 11.5 Å². The van der Waals surface area contributed by atoms with Gasteiger partial charge in [-0.15, -0.1) is 0 Å². The lowest BCUT2D eigenvalue weighted by atomic mass is 9.95. The second-order valence-corrected chi connectivity index (χ2v) is 12.0. The second kappa shape index (κ2) is 10.5. The van der Waals surface area contributed by atoms with Crippen molar-refractivity contribution in [2.45, 2.75) is 58.0 Å². The number of carbonyl (C=O) groups excluding carboxylic acids is 1. The van der Waals surface area contributed by atoms with Gasteiger partial charge in [-0.1, -0.05) is 38.3 Å². The van der Waals surface area contributed by atoms with Gasteiger partial charge in [-0.25, -0.2) is 4.79 Å². The molecule has 5 N–H and O–H groups in total. The van der Waals surface area contributed by atoms with Crippen LogP contribution in [0.3, 0.4) is 0 Å². The zero-order valence-corrected chi connectivity index (χ0v) is 20.0. The number of rotatable bonds is 11. The highest BCUT2D eigenvalue weighted by Gasteiger charge is 2.42. The lowest BCUT2D eigenvalue weighted by Crippen LogP contribution is -2.09. The Hall–Kier alpha value is -1.67. The maximum Gasteiger partial charge on any atom is 0.342 e. The van der Waals surface area contributed by atoms with E-state index in [1.807, 2.05) is 13.0 Å². The first-order chi connectivity index (χ1) is 14.8. The molecule has 0 bridgehead atoms. The third kappa shape index (κ3) is 6.22. The van der Waals surface area contributed by atoms with Crippen molar-refractivity contribution in [3.8, 4) is 11.5 Å². The van der Waals surface area contributed by atoms with E-state index in [-0.39, 0.29) is 36.7 Å². The van der Waals surface area contributed by atoms with Crippen LogP contribution in [-0.2, 0) is 20.5 Å². The minimum atomic E-state index is -4.88. The summed E-state index contributed by atoms with van der Waals surface area (Å²) in [6.45, 7) is 3.83. The molecular weight excluding hydrogens is 462 g/mol. The number of methoxy groups -OCH3 is 1. The number of carbonyl (C=O) groups is 1. The third-order valence-corrected chi connectivity index (χ3v) is 9.45. The van der Waals surface area contributed by atoms with E-state index in [0.717, 1.165) is 5.56 Å². The number of ether oxygens (including phenoxy) is 2. The van der Waals surface area contributed by atoms with Crippen LogP contribution < -0.4 is 4.74 Å². The Kier molecular flexibility index (Phi) is 8.73. The summed E-state index contributed by atoms with van der Waals surface area (Å²) in [5.74, 6) is -0.230. The second-order valence-electron chi connectivity index (χ2n) is 7.98. The summed E-state index contributed by atoms with van der Waals surface area (Å²) in [5.41, 5.74) is 1.88. The number of allylic oxidation sites excluding steroid dienone is 1. The molecule has 1 unspecified atom stereocenters. The van der Waals surface area contributed by atoms with Gasteiger partial charge in [-0.3, -0.25) is 9.13 Å². The molecule has 1 aliphatic heterocycles. The molecule has 0 fully saturated rings. The van der Waals surface area contributed by atoms with Crippen molar-refractivity contribution in [2.24, 2.45) is 5.92 Å². The van der Waals surface area contributed by atoms with E-state index in [2.05, 4.69) is 0 Å². The zero-order valence-electron chi connectivity index (χ0n) is 18.2. The molecular formula is C20H30O10P2. The van der Waals surface area contributed by atoms with Gasteiger partial charge in [0.25, 0.3) is 0 Å². The molecule has 180 valence electrons. The van der Waals surface area contributed by atoms with E-state index in [1.54, 1.807) is 13.0 Å². The quantitative estimate of drug-likeness (QED) is 0.174. The fraction of sp³-hybridized carbons (Fsp3) is 0.550.